The number of pyridine rings is 2. The van der Waals surface area contributed by atoms with Crippen LogP contribution in [0.25, 0.3) is 11.3 Å². The van der Waals surface area contributed by atoms with Gasteiger partial charge in [0.1, 0.15) is 0 Å². The number of urea groups is 1. The fourth-order valence-electron chi connectivity index (χ4n) is 5.44. The molecule has 35 heavy (non-hydrogen) atoms. The van der Waals surface area contributed by atoms with Crippen LogP contribution in [0.2, 0.25) is 0 Å². The molecule has 3 aromatic rings. The van der Waals surface area contributed by atoms with Crippen molar-refractivity contribution in [3.05, 3.63) is 54.1 Å². The number of hydrogen-bond donors (Lipinski definition) is 2. The SMILES string of the molecule is Nc1ncc(-c2cc3n(n2)CCC32CN(C(=O)NC3(c4ccccn4)CCC3)C2)cc1OC(F)F. The van der Waals surface area contributed by atoms with Gasteiger partial charge in [-0.15, -0.1) is 0 Å². The van der Waals surface area contributed by atoms with Gasteiger partial charge in [0, 0.05) is 48.7 Å². The Balaban J connectivity index is 1.17. The van der Waals surface area contributed by atoms with Gasteiger partial charge in [-0.1, -0.05) is 6.07 Å². The monoisotopic (exact) mass is 481 g/mol. The van der Waals surface area contributed by atoms with Crippen LogP contribution in [-0.2, 0) is 17.5 Å². The number of fused-ring (bicyclic) bond motifs is 2. The smallest absolute Gasteiger partial charge is 0.387 e. The second-order valence-electron chi connectivity index (χ2n) is 9.59. The lowest BCUT2D eigenvalue weighted by Crippen LogP contribution is -2.65. The van der Waals surface area contributed by atoms with Crippen LogP contribution in [0.15, 0.2) is 42.7 Å². The number of nitrogens with one attached hydrogen (secondary N) is 1. The molecule has 3 N–H and O–H groups in total. The summed E-state index contributed by atoms with van der Waals surface area (Å²) in [7, 11) is 0. The third-order valence-electron chi connectivity index (χ3n) is 7.50. The van der Waals surface area contributed by atoms with E-state index in [4.69, 9.17) is 5.73 Å². The summed E-state index contributed by atoms with van der Waals surface area (Å²) in [5, 5.41) is 7.89. The minimum atomic E-state index is -2.99. The molecular formula is C24H25F2N7O2. The zero-order chi connectivity index (χ0) is 24.2. The molecule has 6 rings (SSSR count). The van der Waals surface area contributed by atoms with Crippen molar-refractivity contribution < 1.29 is 18.3 Å². The van der Waals surface area contributed by atoms with Crippen LogP contribution >= 0.6 is 0 Å². The molecule has 0 bridgehead atoms. The van der Waals surface area contributed by atoms with Crippen molar-refractivity contribution in [2.45, 2.75) is 49.8 Å². The molecule has 1 spiro atoms. The molecule has 2 amide bonds. The lowest BCUT2D eigenvalue weighted by molar-refractivity contribution is -0.0494. The molecule has 0 atom stereocenters. The number of aromatic nitrogens is 4. The number of nitrogens with zero attached hydrogens (tertiary/aromatic N) is 5. The first-order valence-electron chi connectivity index (χ1n) is 11.7. The fraction of sp³-hybridized carbons (Fsp3) is 0.417. The molecule has 0 aromatic carbocycles. The molecule has 2 fully saturated rings. The zero-order valence-electron chi connectivity index (χ0n) is 19.0. The van der Waals surface area contributed by atoms with Gasteiger partial charge < -0.3 is 20.7 Å². The third-order valence-corrected chi connectivity index (χ3v) is 7.50. The Labute approximate surface area is 200 Å². The van der Waals surface area contributed by atoms with Crippen molar-refractivity contribution in [2.24, 2.45) is 0 Å². The first-order chi connectivity index (χ1) is 16.9. The van der Waals surface area contributed by atoms with E-state index in [0.29, 0.717) is 24.3 Å². The number of rotatable bonds is 5. The number of nitrogens with two attached hydrogens (primary N) is 1. The number of halogens is 2. The van der Waals surface area contributed by atoms with Gasteiger partial charge in [0.2, 0.25) is 0 Å². The van der Waals surface area contributed by atoms with Gasteiger partial charge in [-0.25, -0.2) is 9.78 Å². The quantitative estimate of drug-likeness (QED) is 0.579. The number of amides is 2. The van der Waals surface area contributed by atoms with Crippen molar-refractivity contribution in [1.82, 2.24) is 30.0 Å². The molecule has 3 aliphatic rings. The van der Waals surface area contributed by atoms with Gasteiger partial charge in [-0.05, 0) is 49.9 Å². The Hall–Kier alpha value is -3.76. The van der Waals surface area contributed by atoms with Crippen LogP contribution < -0.4 is 15.8 Å². The lowest BCUT2D eigenvalue weighted by atomic mass is 9.73. The maximum Gasteiger partial charge on any atom is 0.387 e. The highest BCUT2D eigenvalue weighted by atomic mass is 19.3. The number of carbonyl (C=O) groups is 1. The molecule has 3 aromatic heterocycles. The van der Waals surface area contributed by atoms with E-state index in [1.165, 1.54) is 12.3 Å². The average Bonchev–Trinajstić information content (AvgIpc) is 3.36. The van der Waals surface area contributed by atoms with E-state index in [-0.39, 0.29) is 28.6 Å². The maximum atomic E-state index is 13.1. The van der Waals surface area contributed by atoms with E-state index >= 15 is 0 Å². The van der Waals surface area contributed by atoms with Crippen molar-refractivity contribution in [3.63, 3.8) is 0 Å². The number of nitrogen functional groups attached to an aromatic ring is 1. The van der Waals surface area contributed by atoms with Gasteiger partial charge in [-0.3, -0.25) is 9.67 Å². The summed E-state index contributed by atoms with van der Waals surface area (Å²) in [6, 6.07) is 9.09. The first-order valence-corrected chi connectivity index (χ1v) is 11.7. The van der Waals surface area contributed by atoms with Crippen LogP contribution in [0.5, 0.6) is 5.75 Å². The number of alkyl halides is 2. The van der Waals surface area contributed by atoms with Crippen molar-refractivity contribution >= 4 is 11.8 Å². The van der Waals surface area contributed by atoms with E-state index in [1.807, 2.05) is 33.8 Å². The predicted molar refractivity (Wildman–Crippen MR) is 123 cm³/mol. The summed E-state index contributed by atoms with van der Waals surface area (Å²) in [6.07, 6.45) is 6.98. The Morgan fingerprint density at radius 3 is 2.69 bits per heavy atom. The topological polar surface area (TPSA) is 111 Å². The summed E-state index contributed by atoms with van der Waals surface area (Å²) in [6.45, 7) is -1.07. The van der Waals surface area contributed by atoms with Crippen molar-refractivity contribution in [1.29, 1.82) is 0 Å². The van der Waals surface area contributed by atoms with E-state index in [2.05, 4.69) is 25.1 Å². The summed E-state index contributed by atoms with van der Waals surface area (Å²) in [5.41, 5.74) is 8.21. The molecular weight excluding hydrogens is 456 g/mol. The molecule has 2 aliphatic heterocycles. The number of carbonyl (C=O) groups excluding carboxylic acids is 1. The summed E-state index contributed by atoms with van der Waals surface area (Å²) < 4.78 is 31.8. The predicted octanol–water partition coefficient (Wildman–Crippen LogP) is 3.27. The van der Waals surface area contributed by atoms with Gasteiger partial charge in [0.25, 0.3) is 0 Å². The molecule has 1 saturated heterocycles. The van der Waals surface area contributed by atoms with E-state index < -0.39 is 6.61 Å². The molecule has 182 valence electrons. The molecule has 1 saturated carbocycles. The third kappa shape index (κ3) is 3.57. The Kier molecular flexibility index (Phi) is 4.90. The molecule has 5 heterocycles. The second-order valence-corrected chi connectivity index (χ2v) is 9.59. The Bertz CT molecular complexity index is 1270. The molecule has 0 unspecified atom stereocenters. The number of hydrogen-bond acceptors (Lipinski definition) is 6. The van der Waals surface area contributed by atoms with Crippen LogP contribution in [0.1, 0.15) is 37.1 Å². The number of aryl methyl sites for hydroxylation is 1. The van der Waals surface area contributed by atoms with E-state index in [0.717, 1.165) is 43.6 Å². The fourth-order valence-corrected chi connectivity index (χ4v) is 5.44. The van der Waals surface area contributed by atoms with E-state index in [1.54, 1.807) is 6.20 Å². The van der Waals surface area contributed by atoms with Gasteiger partial charge in [0.15, 0.2) is 11.6 Å². The molecule has 11 heteroatoms. The van der Waals surface area contributed by atoms with Crippen molar-refractivity contribution in [2.75, 3.05) is 18.8 Å². The lowest BCUT2D eigenvalue weighted by Gasteiger charge is -2.50. The largest absolute Gasteiger partial charge is 0.431 e. The second kappa shape index (κ2) is 7.89. The highest BCUT2D eigenvalue weighted by Crippen LogP contribution is 2.45. The van der Waals surface area contributed by atoms with Gasteiger partial charge in [0.05, 0.1) is 16.9 Å². The minimum Gasteiger partial charge on any atom is -0.431 e. The zero-order valence-corrected chi connectivity index (χ0v) is 19.0. The molecule has 0 radical (unpaired) electrons. The highest BCUT2D eigenvalue weighted by molar-refractivity contribution is 5.77. The Morgan fingerprint density at radius 2 is 2.00 bits per heavy atom. The van der Waals surface area contributed by atoms with Crippen LogP contribution in [0.3, 0.4) is 0 Å². The molecule has 9 nitrogen and oxygen atoms in total. The van der Waals surface area contributed by atoms with E-state index in [9.17, 15) is 13.6 Å². The number of ether oxygens (including phenoxy) is 1. The summed E-state index contributed by atoms with van der Waals surface area (Å²) in [4.78, 5) is 23.4. The normalized spacial score (nSPS) is 19.2. The highest BCUT2D eigenvalue weighted by Gasteiger charge is 2.53. The van der Waals surface area contributed by atoms with Crippen LogP contribution in [0.4, 0.5) is 19.4 Å². The summed E-state index contributed by atoms with van der Waals surface area (Å²) in [5.74, 6) is -0.280. The van der Waals surface area contributed by atoms with Gasteiger partial charge >= 0.3 is 12.6 Å². The minimum absolute atomic E-state index is 0.0734. The van der Waals surface area contributed by atoms with Crippen LogP contribution in [0, 0.1) is 0 Å². The number of anilines is 1. The Morgan fingerprint density at radius 1 is 1.17 bits per heavy atom. The maximum absolute atomic E-state index is 13.1. The summed E-state index contributed by atoms with van der Waals surface area (Å²) >= 11 is 0. The van der Waals surface area contributed by atoms with Crippen molar-refractivity contribution in [3.8, 4) is 17.0 Å². The molecule has 1 aliphatic carbocycles. The number of likely N-dealkylation sites (tertiary alicyclic amines) is 1. The van der Waals surface area contributed by atoms with Gasteiger partial charge in [-0.2, -0.15) is 13.9 Å². The standard InChI is InChI=1S/C24H25F2N7O2/c25-21(26)35-17-10-15(12-29-20(17)27)16-11-19-23(7-9-33(19)31-16)13-32(14-23)22(34)30-24(5-3-6-24)18-4-1-2-8-28-18/h1-2,4,8,10-12,21H,3,5-7,9,13-14H2,(H2,27,29)(H,30,34). The van der Waals surface area contributed by atoms with Crippen LogP contribution in [-0.4, -0.2) is 50.4 Å². The first kappa shape index (κ1) is 21.8. The average molecular weight is 482 g/mol.